The van der Waals surface area contributed by atoms with E-state index in [9.17, 15) is 0 Å². The monoisotopic (exact) mass is 251 g/mol. The molecule has 2 fully saturated rings. The Morgan fingerprint density at radius 2 is 1.95 bits per heavy atom. The fraction of sp³-hybridized carbons (Fsp3) is 0.500. The predicted molar refractivity (Wildman–Crippen MR) is 73.7 cm³/mol. The maximum absolute atomic E-state index is 4.62. The van der Waals surface area contributed by atoms with Gasteiger partial charge in [-0.2, -0.15) is 5.11 Å². The molecule has 3 nitrogen and oxygen atoms in total. The zero-order valence-electron chi connectivity index (χ0n) is 10.8. The molecule has 3 heteroatoms. The van der Waals surface area contributed by atoms with Crippen molar-refractivity contribution in [2.24, 2.45) is 34.0 Å². The van der Waals surface area contributed by atoms with Crippen LogP contribution in [0.4, 0.5) is 5.69 Å². The summed E-state index contributed by atoms with van der Waals surface area (Å²) in [6, 6.07) is 11.5. The Labute approximate surface area is 113 Å². The lowest BCUT2D eigenvalue weighted by molar-refractivity contribution is 0.238. The Morgan fingerprint density at radius 1 is 1.05 bits per heavy atom. The fourth-order valence-electron chi connectivity index (χ4n) is 4.99. The van der Waals surface area contributed by atoms with Crippen LogP contribution in [0.1, 0.15) is 12.8 Å². The summed E-state index contributed by atoms with van der Waals surface area (Å²) in [5.74, 6) is 3.18. The maximum Gasteiger partial charge on any atom is 0.0988 e. The summed E-state index contributed by atoms with van der Waals surface area (Å²) in [6.07, 6.45) is 7.49. The van der Waals surface area contributed by atoms with Crippen molar-refractivity contribution in [3.63, 3.8) is 0 Å². The first kappa shape index (κ1) is 10.2. The second-order valence-electron chi connectivity index (χ2n) is 6.33. The van der Waals surface area contributed by atoms with Crippen molar-refractivity contribution in [3.05, 3.63) is 42.5 Å². The zero-order chi connectivity index (χ0) is 12.4. The highest BCUT2D eigenvalue weighted by molar-refractivity contribution is 5.48. The third kappa shape index (κ3) is 1.18. The molecule has 19 heavy (non-hydrogen) atoms. The minimum Gasteiger partial charge on any atom is -0.242 e. The van der Waals surface area contributed by atoms with E-state index in [0.29, 0.717) is 12.1 Å². The number of benzene rings is 1. The number of hydrogen-bond donors (Lipinski definition) is 0. The molecule has 0 aromatic heterocycles. The zero-order valence-corrected chi connectivity index (χ0v) is 10.8. The molecule has 2 bridgehead atoms. The van der Waals surface area contributed by atoms with Gasteiger partial charge in [-0.3, -0.25) is 0 Å². The van der Waals surface area contributed by atoms with Gasteiger partial charge in [0.2, 0.25) is 0 Å². The fourth-order valence-corrected chi connectivity index (χ4v) is 4.99. The van der Waals surface area contributed by atoms with E-state index >= 15 is 0 Å². The third-order valence-corrected chi connectivity index (χ3v) is 5.66. The van der Waals surface area contributed by atoms with Gasteiger partial charge in [0.25, 0.3) is 0 Å². The van der Waals surface area contributed by atoms with Crippen LogP contribution in [0.3, 0.4) is 0 Å². The quantitative estimate of drug-likeness (QED) is 0.702. The van der Waals surface area contributed by atoms with Gasteiger partial charge in [0.15, 0.2) is 0 Å². The van der Waals surface area contributed by atoms with Crippen LogP contribution in [-0.2, 0) is 0 Å². The molecule has 1 aromatic carbocycles. The van der Waals surface area contributed by atoms with Gasteiger partial charge in [0, 0.05) is 0 Å². The van der Waals surface area contributed by atoms with Crippen LogP contribution in [0, 0.1) is 23.7 Å². The standard InChI is InChI=1S/C16H17N3/c1-2-5-10(6-3-1)19-16-14-9-13(15(16)17-18-19)11-7-4-8-12(11)14/h1-6,8,11-16H,7,9H2/t11-,12-,13-,14-,15+,16+/m0/s1. The van der Waals surface area contributed by atoms with Crippen molar-refractivity contribution in [2.45, 2.75) is 24.9 Å². The summed E-state index contributed by atoms with van der Waals surface area (Å²) >= 11 is 0. The second kappa shape index (κ2) is 3.47. The van der Waals surface area contributed by atoms with Gasteiger partial charge < -0.3 is 0 Å². The molecule has 0 amide bonds. The van der Waals surface area contributed by atoms with E-state index in [1.54, 1.807) is 0 Å². The van der Waals surface area contributed by atoms with Crippen LogP contribution in [-0.4, -0.2) is 12.1 Å². The van der Waals surface area contributed by atoms with Crippen LogP contribution >= 0.6 is 0 Å². The number of para-hydroxylation sites is 1. The molecular weight excluding hydrogens is 234 g/mol. The molecule has 1 heterocycles. The summed E-state index contributed by atoms with van der Waals surface area (Å²) in [7, 11) is 0. The van der Waals surface area contributed by atoms with E-state index in [1.807, 2.05) is 0 Å². The van der Waals surface area contributed by atoms with Crippen LogP contribution in [0.25, 0.3) is 0 Å². The average molecular weight is 251 g/mol. The average Bonchev–Trinajstić information content (AvgIpc) is 3.17. The number of nitrogens with zero attached hydrogens (tertiary/aromatic N) is 3. The van der Waals surface area contributed by atoms with E-state index in [1.165, 1.54) is 18.5 Å². The Hall–Kier alpha value is -1.64. The topological polar surface area (TPSA) is 28.0 Å². The van der Waals surface area contributed by atoms with Gasteiger partial charge in [-0.05, 0) is 48.6 Å². The molecule has 1 aromatic rings. The molecule has 6 atom stereocenters. The molecule has 0 unspecified atom stereocenters. The normalized spacial score (nSPS) is 44.9. The van der Waals surface area contributed by atoms with Gasteiger partial charge in [-0.15, -0.1) is 0 Å². The lowest BCUT2D eigenvalue weighted by Crippen LogP contribution is -2.44. The predicted octanol–water partition coefficient (Wildman–Crippen LogP) is 3.45. The second-order valence-corrected chi connectivity index (χ2v) is 6.33. The van der Waals surface area contributed by atoms with Gasteiger partial charge in [-0.1, -0.05) is 35.6 Å². The molecule has 3 aliphatic carbocycles. The van der Waals surface area contributed by atoms with E-state index in [-0.39, 0.29) is 0 Å². The summed E-state index contributed by atoms with van der Waals surface area (Å²) in [4.78, 5) is 0. The van der Waals surface area contributed by atoms with Crippen molar-refractivity contribution in [1.82, 2.24) is 0 Å². The highest BCUT2D eigenvalue weighted by atomic mass is 15.6. The summed E-state index contributed by atoms with van der Waals surface area (Å²) in [5, 5.41) is 11.3. The third-order valence-electron chi connectivity index (χ3n) is 5.66. The van der Waals surface area contributed by atoms with Gasteiger partial charge in [-0.25, -0.2) is 5.01 Å². The minimum absolute atomic E-state index is 0.450. The molecule has 1 aliphatic heterocycles. The van der Waals surface area contributed by atoms with Crippen LogP contribution in [0.5, 0.6) is 0 Å². The lowest BCUT2D eigenvalue weighted by atomic mass is 9.76. The highest BCUT2D eigenvalue weighted by Gasteiger charge is 2.61. The Balaban J connectivity index is 1.53. The molecular formula is C16H17N3. The van der Waals surface area contributed by atoms with E-state index < -0.39 is 0 Å². The first-order chi connectivity index (χ1) is 9.43. The van der Waals surface area contributed by atoms with E-state index in [4.69, 9.17) is 0 Å². The number of hydrogen-bond acceptors (Lipinski definition) is 3. The molecule has 2 saturated carbocycles. The van der Waals surface area contributed by atoms with Crippen molar-refractivity contribution in [2.75, 3.05) is 5.01 Å². The molecule has 0 spiro atoms. The van der Waals surface area contributed by atoms with Crippen molar-refractivity contribution in [1.29, 1.82) is 0 Å². The van der Waals surface area contributed by atoms with Crippen molar-refractivity contribution in [3.8, 4) is 0 Å². The summed E-state index contributed by atoms with van der Waals surface area (Å²) < 4.78 is 0. The minimum atomic E-state index is 0.450. The smallest absolute Gasteiger partial charge is 0.0988 e. The van der Waals surface area contributed by atoms with E-state index in [2.05, 4.69) is 57.8 Å². The molecule has 96 valence electrons. The Kier molecular flexibility index (Phi) is 1.86. The number of allylic oxidation sites excluding steroid dienone is 2. The summed E-state index contributed by atoms with van der Waals surface area (Å²) in [5.41, 5.74) is 1.20. The molecule has 0 N–H and O–H groups in total. The summed E-state index contributed by atoms with van der Waals surface area (Å²) in [6.45, 7) is 0. The van der Waals surface area contributed by atoms with Crippen molar-refractivity contribution < 1.29 is 0 Å². The molecule has 5 rings (SSSR count). The molecule has 4 aliphatic rings. The van der Waals surface area contributed by atoms with Crippen LogP contribution < -0.4 is 5.01 Å². The highest BCUT2D eigenvalue weighted by Crippen LogP contribution is 2.60. The van der Waals surface area contributed by atoms with Crippen LogP contribution in [0.2, 0.25) is 0 Å². The molecule has 0 radical (unpaired) electrons. The van der Waals surface area contributed by atoms with Gasteiger partial charge in [0.1, 0.15) is 0 Å². The number of fused-ring (bicyclic) bond motifs is 8. The largest absolute Gasteiger partial charge is 0.242 e. The van der Waals surface area contributed by atoms with Crippen LogP contribution in [0.15, 0.2) is 52.8 Å². The first-order valence-corrected chi connectivity index (χ1v) is 7.35. The van der Waals surface area contributed by atoms with Crippen molar-refractivity contribution >= 4 is 5.69 Å². The SMILES string of the molecule is C1=C[C@H]2[C@H](C1)[C@@H]1C[C@@H]2[C@@H]2[C@@H]1N=NN2c1ccccc1. The lowest BCUT2D eigenvalue weighted by Gasteiger charge is -2.35. The maximum atomic E-state index is 4.62. The number of rotatable bonds is 1. The molecule has 0 saturated heterocycles. The Bertz CT molecular complexity index is 565. The van der Waals surface area contributed by atoms with Gasteiger partial charge >= 0.3 is 0 Å². The number of anilines is 1. The van der Waals surface area contributed by atoms with Gasteiger partial charge in [0.05, 0.1) is 17.8 Å². The van der Waals surface area contributed by atoms with E-state index in [0.717, 1.165) is 23.7 Å². The Morgan fingerprint density at radius 3 is 2.84 bits per heavy atom. The first-order valence-electron chi connectivity index (χ1n) is 7.35.